The first-order chi connectivity index (χ1) is 7.16. The fourth-order valence-corrected chi connectivity index (χ4v) is 1.73. The SMILES string of the molecule is Cn1ccc(Cn2cncc(I)c2=O)n1. The maximum absolute atomic E-state index is 11.7. The quantitative estimate of drug-likeness (QED) is 0.764. The monoisotopic (exact) mass is 316 g/mol. The molecule has 6 heteroatoms. The molecule has 0 bridgehead atoms. The summed E-state index contributed by atoms with van der Waals surface area (Å²) in [6.45, 7) is 0.462. The van der Waals surface area contributed by atoms with Gasteiger partial charge in [0.1, 0.15) is 0 Å². The molecule has 78 valence electrons. The van der Waals surface area contributed by atoms with Crippen molar-refractivity contribution >= 4 is 22.6 Å². The van der Waals surface area contributed by atoms with E-state index in [1.807, 2.05) is 41.9 Å². The van der Waals surface area contributed by atoms with Crippen molar-refractivity contribution in [1.82, 2.24) is 19.3 Å². The number of aromatic nitrogens is 4. The average Bonchev–Trinajstić information content (AvgIpc) is 2.59. The van der Waals surface area contributed by atoms with Gasteiger partial charge in [0.25, 0.3) is 5.56 Å². The Balaban J connectivity index is 2.32. The lowest BCUT2D eigenvalue weighted by Crippen LogP contribution is -2.23. The number of halogens is 1. The molecule has 2 aromatic heterocycles. The molecule has 0 N–H and O–H groups in total. The van der Waals surface area contributed by atoms with Crippen LogP contribution in [-0.2, 0) is 13.6 Å². The van der Waals surface area contributed by atoms with Gasteiger partial charge in [-0.05, 0) is 28.7 Å². The zero-order valence-corrected chi connectivity index (χ0v) is 10.2. The molecule has 2 heterocycles. The van der Waals surface area contributed by atoms with Crippen LogP contribution in [-0.4, -0.2) is 19.3 Å². The Kier molecular flexibility index (Phi) is 2.85. The Morgan fingerprint density at radius 1 is 1.53 bits per heavy atom. The van der Waals surface area contributed by atoms with E-state index >= 15 is 0 Å². The highest BCUT2D eigenvalue weighted by Crippen LogP contribution is 1.98. The van der Waals surface area contributed by atoms with E-state index in [1.165, 1.54) is 6.33 Å². The van der Waals surface area contributed by atoms with Crippen molar-refractivity contribution in [1.29, 1.82) is 0 Å². The summed E-state index contributed by atoms with van der Waals surface area (Å²) < 4.78 is 3.87. The van der Waals surface area contributed by atoms with Crippen molar-refractivity contribution in [2.75, 3.05) is 0 Å². The third-order valence-electron chi connectivity index (χ3n) is 1.96. The van der Waals surface area contributed by atoms with E-state index in [-0.39, 0.29) is 5.56 Å². The second-order valence-electron chi connectivity index (χ2n) is 3.16. The van der Waals surface area contributed by atoms with Gasteiger partial charge in [-0.1, -0.05) is 0 Å². The molecular formula is C9H9IN4O. The molecule has 0 aliphatic rings. The third-order valence-corrected chi connectivity index (χ3v) is 2.70. The molecule has 15 heavy (non-hydrogen) atoms. The molecule has 0 fully saturated rings. The number of aryl methyl sites for hydroxylation is 1. The van der Waals surface area contributed by atoms with Gasteiger partial charge in [-0.3, -0.25) is 14.0 Å². The van der Waals surface area contributed by atoms with Gasteiger partial charge in [0.15, 0.2) is 0 Å². The molecule has 0 spiro atoms. The molecule has 0 amide bonds. The molecule has 0 saturated heterocycles. The average molecular weight is 316 g/mol. The van der Waals surface area contributed by atoms with Crippen LogP contribution in [0, 0.1) is 3.57 Å². The maximum Gasteiger partial charge on any atom is 0.267 e. The molecular weight excluding hydrogens is 307 g/mol. The van der Waals surface area contributed by atoms with E-state index < -0.39 is 0 Å². The molecule has 0 aromatic carbocycles. The van der Waals surface area contributed by atoms with Crippen LogP contribution in [0.3, 0.4) is 0 Å². The summed E-state index contributed by atoms with van der Waals surface area (Å²) in [6.07, 6.45) is 4.93. The molecule has 0 aliphatic heterocycles. The Morgan fingerprint density at radius 2 is 2.33 bits per heavy atom. The smallest absolute Gasteiger partial charge is 0.267 e. The van der Waals surface area contributed by atoms with Gasteiger partial charge < -0.3 is 0 Å². The second-order valence-corrected chi connectivity index (χ2v) is 4.32. The molecule has 0 radical (unpaired) electrons. The normalized spacial score (nSPS) is 10.5. The molecule has 2 aromatic rings. The van der Waals surface area contributed by atoms with Crippen LogP contribution in [0.1, 0.15) is 5.69 Å². The van der Waals surface area contributed by atoms with E-state index in [0.717, 1.165) is 5.69 Å². The summed E-state index contributed by atoms with van der Waals surface area (Å²) in [5, 5.41) is 4.20. The first-order valence-corrected chi connectivity index (χ1v) is 5.43. The Bertz CT molecular complexity index is 531. The summed E-state index contributed by atoms with van der Waals surface area (Å²) in [4.78, 5) is 15.6. The minimum atomic E-state index is -0.0312. The van der Waals surface area contributed by atoms with Gasteiger partial charge in [-0.15, -0.1) is 0 Å². The van der Waals surface area contributed by atoms with Gasteiger partial charge >= 0.3 is 0 Å². The first-order valence-electron chi connectivity index (χ1n) is 4.35. The van der Waals surface area contributed by atoms with Gasteiger partial charge in [0, 0.05) is 19.4 Å². The lowest BCUT2D eigenvalue weighted by molar-refractivity contribution is 0.678. The summed E-state index contributed by atoms with van der Waals surface area (Å²) in [7, 11) is 1.85. The van der Waals surface area contributed by atoms with E-state index in [0.29, 0.717) is 10.1 Å². The molecule has 5 nitrogen and oxygen atoms in total. The van der Waals surface area contributed by atoms with Crippen molar-refractivity contribution in [3.05, 3.63) is 44.4 Å². The molecule has 0 atom stereocenters. The summed E-state index contributed by atoms with van der Waals surface area (Å²) in [5.74, 6) is 0. The number of rotatable bonds is 2. The molecule has 2 rings (SSSR count). The van der Waals surface area contributed by atoms with Crippen molar-refractivity contribution in [3.8, 4) is 0 Å². The topological polar surface area (TPSA) is 52.7 Å². The predicted molar refractivity (Wildman–Crippen MR) is 63.5 cm³/mol. The predicted octanol–water partition coefficient (Wildman–Crippen LogP) is 0.630. The maximum atomic E-state index is 11.7. The molecule has 0 unspecified atom stereocenters. The number of hydrogen-bond acceptors (Lipinski definition) is 3. The van der Waals surface area contributed by atoms with Crippen molar-refractivity contribution in [3.63, 3.8) is 0 Å². The number of nitrogens with zero attached hydrogens (tertiary/aromatic N) is 4. The zero-order chi connectivity index (χ0) is 10.8. The van der Waals surface area contributed by atoms with Gasteiger partial charge in [0.05, 0.1) is 22.1 Å². The van der Waals surface area contributed by atoms with Crippen LogP contribution >= 0.6 is 22.6 Å². The van der Waals surface area contributed by atoms with Crippen molar-refractivity contribution in [2.45, 2.75) is 6.54 Å². The standard InChI is InChI=1S/C9H9IN4O/c1-13-3-2-7(12-13)5-14-6-11-4-8(10)9(14)15/h2-4,6H,5H2,1H3. The first kappa shape index (κ1) is 10.3. The molecule has 0 aliphatic carbocycles. The van der Waals surface area contributed by atoms with Crippen LogP contribution in [0.25, 0.3) is 0 Å². The highest BCUT2D eigenvalue weighted by atomic mass is 127. The van der Waals surface area contributed by atoms with Crippen LogP contribution in [0.15, 0.2) is 29.6 Å². The minimum Gasteiger partial charge on any atom is -0.292 e. The third kappa shape index (κ3) is 2.25. The van der Waals surface area contributed by atoms with Gasteiger partial charge in [-0.2, -0.15) is 5.10 Å². The Morgan fingerprint density at radius 3 is 3.00 bits per heavy atom. The summed E-state index contributed by atoms with van der Waals surface area (Å²) in [6, 6.07) is 1.88. The fourth-order valence-electron chi connectivity index (χ4n) is 1.26. The van der Waals surface area contributed by atoms with Gasteiger partial charge in [-0.25, -0.2) is 4.98 Å². The van der Waals surface area contributed by atoms with Crippen molar-refractivity contribution in [2.24, 2.45) is 7.05 Å². The zero-order valence-electron chi connectivity index (χ0n) is 8.09. The lowest BCUT2D eigenvalue weighted by atomic mass is 10.4. The molecule has 0 saturated carbocycles. The van der Waals surface area contributed by atoms with Crippen LogP contribution < -0.4 is 5.56 Å². The summed E-state index contributed by atoms with van der Waals surface area (Å²) >= 11 is 1.98. The second kappa shape index (κ2) is 4.13. The largest absolute Gasteiger partial charge is 0.292 e. The van der Waals surface area contributed by atoms with Crippen LogP contribution in [0.5, 0.6) is 0 Å². The number of hydrogen-bond donors (Lipinski definition) is 0. The summed E-state index contributed by atoms with van der Waals surface area (Å²) in [5.41, 5.74) is 0.819. The highest BCUT2D eigenvalue weighted by molar-refractivity contribution is 14.1. The Hall–Kier alpha value is -1.18. The highest BCUT2D eigenvalue weighted by Gasteiger charge is 2.03. The minimum absolute atomic E-state index is 0.0312. The lowest BCUT2D eigenvalue weighted by Gasteiger charge is -2.01. The van der Waals surface area contributed by atoms with E-state index in [9.17, 15) is 4.79 Å². The van der Waals surface area contributed by atoms with Crippen molar-refractivity contribution < 1.29 is 0 Å². The van der Waals surface area contributed by atoms with E-state index in [4.69, 9.17) is 0 Å². The van der Waals surface area contributed by atoms with Crippen LogP contribution in [0.4, 0.5) is 0 Å². The van der Waals surface area contributed by atoms with E-state index in [2.05, 4.69) is 10.1 Å². The Labute approximate surface area is 99.9 Å². The fraction of sp³-hybridized carbons (Fsp3) is 0.222. The van der Waals surface area contributed by atoms with E-state index in [1.54, 1.807) is 15.4 Å². The van der Waals surface area contributed by atoms with Crippen LogP contribution in [0.2, 0.25) is 0 Å². The van der Waals surface area contributed by atoms with Gasteiger partial charge in [0.2, 0.25) is 0 Å².